The van der Waals surface area contributed by atoms with Gasteiger partial charge in [-0.3, -0.25) is 4.79 Å². The van der Waals surface area contributed by atoms with Gasteiger partial charge in [0, 0.05) is 25.0 Å². The minimum Gasteiger partial charge on any atom is -0.356 e. The van der Waals surface area contributed by atoms with Gasteiger partial charge in [-0.15, -0.1) is 5.10 Å². The first-order chi connectivity index (χ1) is 13.1. The molecule has 27 heavy (non-hydrogen) atoms. The quantitative estimate of drug-likeness (QED) is 0.755. The molecule has 0 spiro atoms. The summed E-state index contributed by atoms with van der Waals surface area (Å²) in [7, 11) is 0. The van der Waals surface area contributed by atoms with Gasteiger partial charge in [-0.1, -0.05) is 0 Å². The summed E-state index contributed by atoms with van der Waals surface area (Å²) in [6, 6.07) is 7.19. The van der Waals surface area contributed by atoms with Crippen LogP contribution in [0.2, 0.25) is 0 Å². The number of anilines is 2. The molecule has 0 radical (unpaired) electrons. The minimum atomic E-state index is -0.433. The number of carbonyl (C=O) groups is 1. The number of nitrogens with one attached hydrogen (secondary N) is 1. The Bertz CT molecular complexity index is 1020. The molecule has 1 aromatic carbocycles. The molecule has 0 aliphatic carbocycles. The first-order valence-corrected chi connectivity index (χ1v) is 8.87. The number of halogens is 1. The summed E-state index contributed by atoms with van der Waals surface area (Å²) in [6.45, 7) is 1.63. The zero-order valence-electron chi connectivity index (χ0n) is 14.6. The topological polar surface area (TPSA) is 84.5 Å². The highest BCUT2D eigenvalue weighted by Crippen LogP contribution is 2.17. The van der Waals surface area contributed by atoms with Crippen LogP contribution in [0.1, 0.15) is 19.3 Å². The predicted octanol–water partition coefficient (Wildman–Crippen LogP) is 1.66. The third-order valence-corrected chi connectivity index (χ3v) is 4.54. The lowest BCUT2D eigenvalue weighted by molar-refractivity contribution is -0.117. The fourth-order valence-electron chi connectivity index (χ4n) is 3.17. The average molecular weight is 370 g/mol. The van der Waals surface area contributed by atoms with Crippen LogP contribution in [0.15, 0.2) is 41.3 Å². The molecule has 1 aliphatic heterocycles. The van der Waals surface area contributed by atoms with Gasteiger partial charge in [-0.25, -0.2) is 18.3 Å². The van der Waals surface area contributed by atoms with Crippen molar-refractivity contribution in [1.29, 1.82) is 0 Å². The van der Waals surface area contributed by atoms with Crippen molar-refractivity contribution >= 4 is 23.2 Å². The average Bonchev–Trinajstić information content (AvgIpc) is 2.99. The lowest BCUT2D eigenvalue weighted by Crippen LogP contribution is -2.30. The first-order valence-electron chi connectivity index (χ1n) is 8.87. The SMILES string of the molecule is O=C(Cn1nc2nc(N3CCCCC3)ccn2c1=O)Nc1ccc(F)cc1. The van der Waals surface area contributed by atoms with E-state index in [1.807, 2.05) is 0 Å². The van der Waals surface area contributed by atoms with Gasteiger partial charge in [-0.05, 0) is 49.6 Å². The van der Waals surface area contributed by atoms with Crippen molar-refractivity contribution in [2.24, 2.45) is 0 Å². The second-order valence-corrected chi connectivity index (χ2v) is 6.50. The largest absolute Gasteiger partial charge is 0.356 e. The summed E-state index contributed by atoms with van der Waals surface area (Å²) >= 11 is 0. The molecule has 3 heterocycles. The van der Waals surface area contributed by atoms with Crippen LogP contribution in [0.4, 0.5) is 15.9 Å². The van der Waals surface area contributed by atoms with Crippen molar-refractivity contribution in [3.8, 4) is 0 Å². The molecule has 0 unspecified atom stereocenters. The van der Waals surface area contributed by atoms with Crippen LogP contribution in [0.3, 0.4) is 0 Å². The fourth-order valence-corrected chi connectivity index (χ4v) is 3.17. The Morgan fingerprint density at radius 3 is 2.59 bits per heavy atom. The van der Waals surface area contributed by atoms with Gasteiger partial charge < -0.3 is 10.2 Å². The molecule has 0 bridgehead atoms. The number of fused-ring (bicyclic) bond motifs is 1. The zero-order valence-corrected chi connectivity index (χ0v) is 14.6. The number of hydrogen-bond acceptors (Lipinski definition) is 5. The molecule has 1 fully saturated rings. The van der Waals surface area contributed by atoms with Gasteiger partial charge in [-0.2, -0.15) is 4.98 Å². The van der Waals surface area contributed by atoms with E-state index in [0.717, 1.165) is 36.4 Å². The first kappa shape index (κ1) is 17.2. The molecule has 1 saturated heterocycles. The van der Waals surface area contributed by atoms with Crippen molar-refractivity contribution in [3.05, 3.63) is 52.8 Å². The number of piperidine rings is 1. The van der Waals surface area contributed by atoms with Crippen molar-refractivity contribution < 1.29 is 9.18 Å². The van der Waals surface area contributed by atoms with Gasteiger partial charge in [0.1, 0.15) is 18.2 Å². The van der Waals surface area contributed by atoms with Crippen molar-refractivity contribution in [2.45, 2.75) is 25.8 Å². The van der Waals surface area contributed by atoms with Crippen molar-refractivity contribution in [1.82, 2.24) is 19.2 Å². The van der Waals surface area contributed by atoms with Gasteiger partial charge in [0.15, 0.2) is 0 Å². The lowest BCUT2D eigenvalue weighted by Gasteiger charge is -2.27. The number of hydrogen-bond donors (Lipinski definition) is 1. The highest BCUT2D eigenvalue weighted by molar-refractivity contribution is 5.90. The number of rotatable bonds is 4. The van der Waals surface area contributed by atoms with Crippen LogP contribution in [0.25, 0.3) is 5.78 Å². The summed E-state index contributed by atoms with van der Waals surface area (Å²) in [6.07, 6.45) is 5.10. The maximum absolute atomic E-state index is 12.9. The number of benzene rings is 1. The van der Waals surface area contributed by atoms with E-state index in [4.69, 9.17) is 0 Å². The Kier molecular flexibility index (Phi) is 4.57. The van der Waals surface area contributed by atoms with Gasteiger partial charge in [0.25, 0.3) is 5.78 Å². The van der Waals surface area contributed by atoms with Crippen LogP contribution in [-0.4, -0.2) is 38.2 Å². The third-order valence-electron chi connectivity index (χ3n) is 4.54. The Balaban J connectivity index is 1.53. The van der Waals surface area contributed by atoms with Gasteiger partial charge >= 0.3 is 5.69 Å². The molecule has 4 rings (SSSR count). The predicted molar refractivity (Wildman–Crippen MR) is 98.3 cm³/mol. The zero-order chi connectivity index (χ0) is 18.8. The van der Waals surface area contributed by atoms with Gasteiger partial charge in [0.05, 0.1) is 0 Å². The summed E-state index contributed by atoms with van der Waals surface area (Å²) < 4.78 is 15.3. The third kappa shape index (κ3) is 3.67. The van der Waals surface area contributed by atoms with Crippen LogP contribution in [-0.2, 0) is 11.3 Å². The monoisotopic (exact) mass is 370 g/mol. The molecule has 2 aromatic heterocycles. The second-order valence-electron chi connectivity index (χ2n) is 6.50. The highest BCUT2D eigenvalue weighted by atomic mass is 19.1. The van der Waals surface area contributed by atoms with E-state index in [2.05, 4.69) is 20.3 Å². The van der Waals surface area contributed by atoms with Crippen LogP contribution < -0.4 is 15.9 Å². The maximum Gasteiger partial charge on any atom is 0.352 e. The molecular formula is C18H19FN6O2. The number of carbonyl (C=O) groups excluding carboxylic acids is 1. The highest BCUT2D eigenvalue weighted by Gasteiger charge is 2.16. The standard InChI is InChI=1S/C18H19FN6O2/c19-13-4-6-14(7-5-13)20-16(26)12-25-18(27)24-11-8-15(21-17(24)22-25)23-9-2-1-3-10-23/h4-8,11H,1-3,9-10,12H2,(H,20,26). The molecule has 0 atom stereocenters. The molecule has 1 amide bonds. The second kappa shape index (κ2) is 7.18. The molecule has 3 aromatic rings. The van der Waals surface area contributed by atoms with E-state index >= 15 is 0 Å². The Morgan fingerprint density at radius 2 is 1.85 bits per heavy atom. The van der Waals surface area contributed by atoms with E-state index in [-0.39, 0.29) is 18.1 Å². The molecule has 1 aliphatic rings. The number of amides is 1. The summed E-state index contributed by atoms with van der Waals surface area (Å²) in [5, 5.41) is 6.78. The lowest BCUT2D eigenvalue weighted by atomic mass is 10.1. The van der Waals surface area contributed by atoms with E-state index in [1.54, 1.807) is 12.3 Å². The normalized spacial score (nSPS) is 14.5. The van der Waals surface area contributed by atoms with E-state index in [9.17, 15) is 14.0 Å². The van der Waals surface area contributed by atoms with E-state index in [0.29, 0.717) is 5.69 Å². The Labute approximate surface area is 154 Å². The molecular weight excluding hydrogens is 351 g/mol. The summed E-state index contributed by atoms with van der Waals surface area (Å²) in [5.74, 6) is 0.233. The van der Waals surface area contributed by atoms with Crippen LogP contribution in [0, 0.1) is 5.82 Å². The van der Waals surface area contributed by atoms with E-state index in [1.165, 1.54) is 35.1 Å². The van der Waals surface area contributed by atoms with Crippen molar-refractivity contribution in [3.63, 3.8) is 0 Å². The summed E-state index contributed by atoms with van der Waals surface area (Å²) in [5.41, 5.74) is 0.0145. The molecule has 9 heteroatoms. The van der Waals surface area contributed by atoms with Crippen LogP contribution >= 0.6 is 0 Å². The molecule has 140 valence electrons. The number of nitrogens with zero attached hydrogens (tertiary/aromatic N) is 5. The summed E-state index contributed by atoms with van der Waals surface area (Å²) in [4.78, 5) is 31.2. The van der Waals surface area contributed by atoms with E-state index < -0.39 is 11.6 Å². The van der Waals surface area contributed by atoms with Crippen LogP contribution in [0.5, 0.6) is 0 Å². The Hall–Kier alpha value is -3.23. The van der Waals surface area contributed by atoms with Crippen molar-refractivity contribution in [2.75, 3.05) is 23.3 Å². The number of aromatic nitrogens is 4. The smallest absolute Gasteiger partial charge is 0.352 e. The molecule has 1 N–H and O–H groups in total. The molecule has 0 saturated carbocycles. The Morgan fingerprint density at radius 1 is 1.11 bits per heavy atom. The minimum absolute atomic E-state index is 0.251. The molecule has 8 nitrogen and oxygen atoms in total. The fraction of sp³-hybridized carbons (Fsp3) is 0.333. The maximum atomic E-state index is 12.9. The van der Waals surface area contributed by atoms with Gasteiger partial charge in [0.2, 0.25) is 5.91 Å².